The second-order valence-corrected chi connectivity index (χ2v) is 5.13. The monoisotopic (exact) mass is 322 g/mol. The van der Waals surface area contributed by atoms with Crippen LogP contribution in [-0.4, -0.2) is 28.7 Å². The Bertz CT molecular complexity index is 669. The molecular formula is C15H15ClN2O4. The molecule has 0 radical (unpaired) electrons. The highest BCUT2D eigenvalue weighted by molar-refractivity contribution is 6.30. The van der Waals surface area contributed by atoms with Crippen molar-refractivity contribution in [1.82, 2.24) is 10.5 Å². The third-order valence-corrected chi connectivity index (χ3v) is 3.19. The normalized spacial score (nSPS) is 10.4. The molecule has 1 amide bonds. The van der Waals surface area contributed by atoms with Gasteiger partial charge in [-0.2, -0.15) is 0 Å². The molecule has 22 heavy (non-hydrogen) atoms. The summed E-state index contributed by atoms with van der Waals surface area (Å²) in [6.45, 7) is 0.388. The summed E-state index contributed by atoms with van der Waals surface area (Å²) in [5, 5.41) is 15.6. The van der Waals surface area contributed by atoms with E-state index in [9.17, 15) is 9.59 Å². The smallest absolute Gasteiger partial charge is 0.303 e. The molecular weight excluding hydrogens is 308 g/mol. The van der Waals surface area contributed by atoms with Gasteiger partial charge in [-0.1, -0.05) is 28.9 Å². The first-order chi connectivity index (χ1) is 10.6. The van der Waals surface area contributed by atoms with Gasteiger partial charge in [0.15, 0.2) is 0 Å². The van der Waals surface area contributed by atoms with E-state index in [-0.39, 0.29) is 18.1 Å². The van der Waals surface area contributed by atoms with Crippen molar-refractivity contribution < 1.29 is 19.2 Å². The molecule has 0 saturated carbocycles. The second-order valence-electron chi connectivity index (χ2n) is 4.69. The maximum Gasteiger partial charge on any atom is 0.303 e. The average Bonchev–Trinajstić information content (AvgIpc) is 2.96. The van der Waals surface area contributed by atoms with Crippen LogP contribution in [0.25, 0.3) is 11.3 Å². The molecule has 0 spiro atoms. The minimum absolute atomic E-state index is 0.0943. The van der Waals surface area contributed by atoms with Gasteiger partial charge in [-0.3, -0.25) is 9.59 Å². The fraction of sp³-hybridized carbons (Fsp3) is 0.267. The SMILES string of the molecule is O=C(O)CCCCNC(=O)c1cc(-c2cccc(Cl)c2)no1. The summed E-state index contributed by atoms with van der Waals surface area (Å²) < 4.78 is 5.02. The predicted octanol–water partition coefficient (Wildman–Crippen LogP) is 2.98. The largest absolute Gasteiger partial charge is 0.481 e. The van der Waals surface area contributed by atoms with E-state index in [0.29, 0.717) is 30.1 Å². The number of carbonyl (C=O) groups is 2. The first kappa shape index (κ1) is 16.0. The van der Waals surface area contributed by atoms with Gasteiger partial charge in [0.1, 0.15) is 5.69 Å². The van der Waals surface area contributed by atoms with Crippen molar-refractivity contribution in [3.05, 3.63) is 41.1 Å². The second kappa shape index (κ2) is 7.61. The van der Waals surface area contributed by atoms with Crippen molar-refractivity contribution >= 4 is 23.5 Å². The summed E-state index contributed by atoms with van der Waals surface area (Å²) in [5.74, 6) is -1.11. The predicted molar refractivity (Wildman–Crippen MR) is 80.8 cm³/mol. The summed E-state index contributed by atoms with van der Waals surface area (Å²) in [5.41, 5.74) is 1.29. The van der Waals surface area contributed by atoms with Crippen molar-refractivity contribution in [1.29, 1.82) is 0 Å². The van der Waals surface area contributed by atoms with E-state index < -0.39 is 5.97 Å². The van der Waals surface area contributed by atoms with Gasteiger partial charge in [-0.25, -0.2) is 0 Å². The van der Waals surface area contributed by atoms with Crippen LogP contribution in [0.5, 0.6) is 0 Å². The number of halogens is 1. The molecule has 0 unspecified atom stereocenters. The van der Waals surface area contributed by atoms with Crippen molar-refractivity contribution in [2.75, 3.05) is 6.54 Å². The molecule has 0 bridgehead atoms. The molecule has 0 aliphatic heterocycles. The molecule has 2 aromatic rings. The summed E-state index contributed by atoms with van der Waals surface area (Å²) in [4.78, 5) is 22.2. The van der Waals surface area contributed by atoms with E-state index in [1.54, 1.807) is 18.2 Å². The third-order valence-electron chi connectivity index (χ3n) is 2.96. The quantitative estimate of drug-likeness (QED) is 0.764. The lowest BCUT2D eigenvalue weighted by Crippen LogP contribution is -2.24. The van der Waals surface area contributed by atoms with E-state index in [1.165, 1.54) is 6.07 Å². The van der Waals surface area contributed by atoms with Crippen LogP contribution in [0, 0.1) is 0 Å². The Kier molecular flexibility index (Phi) is 5.55. The van der Waals surface area contributed by atoms with E-state index in [0.717, 1.165) is 5.56 Å². The topological polar surface area (TPSA) is 92.4 Å². The highest BCUT2D eigenvalue weighted by atomic mass is 35.5. The Balaban J connectivity index is 1.88. The molecule has 6 nitrogen and oxygen atoms in total. The van der Waals surface area contributed by atoms with Crippen LogP contribution in [0.3, 0.4) is 0 Å². The number of nitrogens with zero attached hydrogens (tertiary/aromatic N) is 1. The van der Waals surface area contributed by atoms with E-state index in [4.69, 9.17) is 21.2 Å². The average molecular weight is 323 g/mol. The van der Waals surface area contributed by atoms with Gasteiger partial charge < -0.3 is 14.9 Å². The molecule has 0 saturated heterocycles. The fourth-order valence-electron chi connectivity index (χ4n) is 1.86. The number of rotatable bonds is 7. The molecule has 116 valence electrons. The Morgan fingerprint density at radius 2 is 2.09 bits per heavy atom. The number of carbonyl (C=O) groups excluding carboxylic acids is 1. The first-order valence-electron chi connectivity index (χ1n) is 6.79. The van der Waals surface area contributed by atoms with Gasteiger partial charge in [-0.05, 0) is 25.0 Å². The van der Waals surface area contributed by atoms with Gasteiger partial charge in [0.05, 0.1) is 0 Å². The molecule has 2 N–H and O–H groups in total. The van der Waals surface area contributed by atoms with Crippen molar-refractivity contribution in [2.45, 2.75) is 19.3 Å². The minimum Gasteiger partial charge on any atom is -0.481 e. The maximum atomic E-state index is 11.9. The van der Waals surface area contributed by atoms with Crippen molar-refractivity contribution in [3.63, 3.8) is 0 Å². The number of hydrogen-bond acceptors (Lipinski definition) is 4. The number of carboxylic acid groups (broad SMARTS) is 1. The molecule has 0 atom stereocenters. The van der Waals surface area contributed by atoms with Gasteiger partial charge >= 0.3 is 5.97 Å². The summed E-state index contributed by atoms with van der Waals surface area (Å²) in [7, 11) is 0. The number of unbranched alkanes of at least 4 members (excludes halogenated alkanes) is 1. The minimum atomic E-state index is -0.840. The standard InChI is InChI=1S/C15H15ClN2O4/c16-11-5-3-4-10(8-11)12-9-13(22-18-12)15(21)17-7-2-1-6-14(19)20/h3-5,8-9H,1-2,6-7H2,(H,17,21)(H,19,20). The third kappa shape index (κ3) is 4.60. The Hall–Kier alpha value is -2.34. The zero-order valence-corrected chi connectivity index (χ0v) is 12.5. The van der Waals surface area contributed by atoms with Gasteiger partial charge in [0.25, 0.3) is 5.91 Å². The number of aromatic nitrogens is 1. The molecule has 2 rings (SSSR count). The lowest BCUT2D eigenvalue weighted by Gasteiger charge is -2.01. The van der Waals surface area contributed by atoms with Gasteiger partial charge in [0, 0.05) is 29.6 Å². The Morgan fingerprint density at radius 3 is 2.82 bits per heavy atom. The maximum absolute atomic E-state index is 11.9. The van der Waals surface area contributed by atoms with E-state index >= 15 is 0 Å². The summed E-state index contributed by atoms with van der Waals surface area (Å²) >= 11 is 5.91. The number of carboxylic acids is 1. The van der Waals surface area contributed by atoms with Crippen LogP contribution < -0.4 is 5.32 Å². The van der Waals surface area contributed by atoms with Crippen LogP contribution in [0.4, 0.5) is 0 Å². The van der Waals surface area contributed by atoms with E-state index in [2.05, 4.69) is 10.5 Å². The van der Waals surface area contributed by atoms with Crippen LogP contribution >= 0.6 is 11.6 Å². The lowest BCUT2D eigenvalue weighted by atomic mass is 10.1. The Morgan fingerprint density at radius 1 is 1.27 bits per heavy atom. The molecule has 1 aromatic carbocycles. The summed E-state index contributed by atoms with van der Waals surface area (Å²) in [6, 6.07) is 8.62. The molecule has 1 aromatic heterocycles. The molecule has 0 aliphatic rings. The Labute approximate surface area is 132 Å². The molecule has 0 aliphatic carbocycles. The number of hydrogen-bond donors (Lipinski definition) is 2. The zero-order chi connectivity index (χ0) is 15.9. The summed E-state index contributed by atoms with van der Waals surface area (Å²) in [6.07, 6.45) is 1.20. The zero-order valence-electron chi connectivity index (χ0n) is 11.7. The highest BCUT2D eigenvalue weighted by Crippen LogP contribution is 2.22. The number of nitrogens with one attached hydrogen (secondary N) is 1. The van der Waals surface area contributed by atoms with Crippen molar-refractivity contribution in [2.24, 2.45) is 0 Å². The van der Waals surface area contributed by atoms with Crippen LogP contribution in [0.15, 0.2) is 34.9 Å². The molecule has 0 fully saturated rings. The van der Waals surface area contributed by atoms with E-state index in [1.807, 2.05) is 6.07 Å². The first-order valence-corrected chi connectivity index (χ1v) is 7.16. The van der Waals surface area contributed by atoms with Crippen molar-refractivity contribution in [3.8, 4) is 11.3 Å². The molecule has 7 heteroatoms. The highest BCUT2D eigenvalue weighted by Gasteiger charge is 2.13. The van der Waals surface area contributed by atoms with Gasteiger partial charge in [-0.15, -0.1) is 0 Å². The van der Waals surface area contributed by atoms with Crippen LogP contribution in [-0.2, 0) is 4.79 Å². The fourth-order valence-corrected chi connectivity index (χ4v) is 2.05. The number of aliphatic carboxylic acids is 1. The van der Waals surface area contributed by atoms with Crippen LogP contribution in [0.1, 0.15) is 29.8 Å². The number of amides is 1. The molecule has 1 heterocycles. The number of benzene rings is 1. The van der Waals surface area contributed by atoms with Crippen LogP contribution in [0.2, 0.25) is 5.02 Å². The van der Waals surface area contributed by atoms with Gasteiger partial charge in [0.2, 0.25) is 5.76 Å². The lowest BCUT2D eigenvalue weighted by molar-refractivity contribution is -0.137.